The van der Waals surface area contributed by atoms with Crippen molar-refractivity contribution in [2.24, 2.45) is 0 Å². The number of anilines is 2. The smallest absolute Gasteiger partial charge is 0.255 e. The summed E-state index contributed by atoms with van der Waals surface area (Å²) in [7, 11) is 1.64. The van der Waals surface area contributed by atoms with Crippen LogP contribution in [-0.4, -0.2) is 22.8 Å². The van der Waals surface area contributed by atoms with Gasteiger partial charge in [-0.2, -0.15) is 5.10 Å². The maximum atomic E-state index is 12.4. The molecule has 0 saturated heterocycles. The maximum Gasteiger partial charge on any atom is 0.255 e. The van der Waals surface area contributed by atoms with Crippen LogP contribution in [0.5, 0.6) is 5.75 Å². The first-order valence-corrected chi connectivity index (χ1v) is 8.89. The van der Waals surface area contributed by atoms with E-state index in [2.05, 4.69) is 10.4 Å². The number of rotatable bonds is 5. The fourth-order valence-corrected chi connectivity index (χ4v) is 3.07. The van der Waals surface area contributed by atoms with Crippen molar-refractivity contribution in [3.05, 3.63) is 84.1 Å². The van der Waals surface area contributed by atoms with E-state index in [1.54, 1.807) is 31.4 Å². The molecular weight excluding hydrogens is 352 g/mol. The summed E-state index contributed by atoms with van der Waals surface area (Å²) in [6.45, 7) is 0.603. The summed E-state index contributed by atoms with van der Waals surface area (Å²) in [4.78, 5) is 12.4. The van der Waals surface area contributed by atoms with E-state index in [-0.39, 0.29) is 5.91 Å². The first-order valence-electron chi connectivity index (χ1n) is 8.89. The molecule has 0 bridgehead atoms. The number of nitrogen functional groups attached to an aromatic ring is 1. The van der Waals surface area contributed by atoms with Gasteiger partial charge in [-0.3, -0.25) is 9.48 Å². The number of aromatic nitrogens is 2. The SMILES string of the molecule is COc1cccc2cn(Cc3ccc(C(=O)Nc4ccccc4N)cc3)nc12. The molecule has 3 N–H and O–H groups in total. The van der Waals surface area contributed by atoms with E-state index in [1.807, 2.05) is 53.3 Å². The topological polar surface area (TPSA) is 82.2 Å². The van der Waals surface area contributed by atoms with Gasteiger partial charge in [0, 0.05) is 17.1 Å². The quantitative estimate of drug-likeness (QED) is 0.520. The van der Waals surface area contributed by atoms with Crippen LogP contribution in [0.1, 0.15) is 15.9 Å². The van der Waals surface area contributed by atoms with Crippen LogP contribution in [0.15, 0.2) is 72.9 Å². The highest BCUT2D eigenvalue weighted by Crippen LogP contribution is 2.24. The second-order valence-electron chi connectivity index (χ2n) is 6.46. The van der Waals surface area contributed by atoms with Gasteiger partial charge in [0.2, 0.25) is 0 Å². The summed E-state index contributed by atoms with van der Waals surface area (Å²) in [6.07, 6.45) is 1.98. The van der Waals surface area contributed by atoms with Gasteiger partial charge in [-0.05, 0) is 35.9 Å². The normalized spacial score (nSPS) is 10.8. The van der Waals surface area contributed by atoms with Crippen LogP contribution >= 0.6 is 0 Å². The van der Waals surface area contributed by atoms with E-state index in [0.717, 1.165) is 22.2 Å². The van der Waals surface area contributed by atoms with Crippen molar-refractivity contribution < 1.29 is 9.53 Å². The predicted molar refractivity (Wildman–Crippen MR) is 111 cm³/mol. The molecule has 6 nitrogen and oxygen atoms in total. The molecule has 0 spiro atoms. The lowest BCUT2D eigenvalue weighted by atomic mass is 10.1. The molecule has 0 aliphatic carbocycles. The van der Waals surface area contributed by atoms with Crippen LogP contribution < -0.4 is 15.8 Å². The summed E-state index contributed by atoms with van der Waals surface area (Å²) in [6, 6.07) is 20.5. The summed E-state index contributed by atoms with van der Waals surface area (Å²) in [5.41, 5.74) is 9.46. The van der Waals surface area contributed by atoms with Crippen molar-refractivity contribution in [3.63, 3.8) is 0 Å². The fourth-order valence-electron chi connectivity index (χ4n) is 3.07. The number of carbonyl (C=O) groups excluding carboxylic acids is 1. The van der Waals surface area contributed by atoms with E-state index in [0.29, 0.717) is 23.5 Å². The molecule has 0 aliphatic heterocycles. The number of nitrogens with one attached hydrogen (secondary N) is 1. The number of fused-ring (bicyclic) bond motifs is 1. The summed E-state index contributed by atoms with van der Waals surface area (Å²) < 4.78 is 7.23. The molecule has 0 atom stereocenters. The minimum Gasteiger partial charge on any atom is -0.494 e. The molecule has 0 saturated carbocycles. The largest absolute Gasteiger partial charge is 0.494 e. The Morgan fingerprint density at radius 2 is 1.86 bits per heavy atom. The predicted octanol–water partition coefficient (Wildman–Crippen LogP) is 3.93. The van der Waals surface area contributed by atoms with Crippen molar-refractivity contribution in [1.29, 1.82) is 0 Å². The second-order valence-corrected chi connectivity index (χ2v) is 6.46. The van der Waals surface area contributed by atoms with Crippen LogP contribution in [0.25, 0.3) is 10.9 Å². The fraction of sp³-hybridized carbons (Fsp3) is 0.0909. The van der Waals surface area contributed by atoms with Crippen molar-refractivity contribution in [2.75, 3.05) is 18.2 Å². The van der Waals surface area contributed by atoms with Crippen LogP contribution in [0.4, 0.5) is 11.4 Å². The van der Waals surface area contributed by atoms with Crippen molar-refractivity contribution in [1.82, 2.24) is 9.78 Å². The third-order valence-corrected chi connectivity index (χ3v) is 4.54. The van der Waals surface area contributed by atoms with Gasteiger partial charge < -0.3 is 15.8 Å². The third-order valence-electron chi connectivity index (χ3n) is 4.54. The number of benzene rings is 3. The number of hydrogen-bond acceptors (Lipinski definition) is 4. The number of nitrogens with zero attached hydrogens (tertiary/aromatic N) is 2. The van der Waals surface area contributed by atoms with Gasteiger partial charge in [0.25, 0.3) is 5.91 Å². The molecule has 4 rings (SSSR count). The zero-order valence-electron chi connectivity index (χ0n) is 15.4. The van der Waals surface area contributed by atoms with Gasteiger partial charge in [0.1, 0.15) is 11.3 Å². The van der Waals surface area contributed by atoms with E-state index < -0.39 is 0 Å². The van der Waals surface area contributed by atoms with Gasteiger partial charge in [-0.15, -0.1) is 0 Å². The first kappa shape index (κ1) is 17.6. The summed E-state index contributed by atoms with van der Waals surface area (Å²) in [5, 5.41) is 8.45. The van der Waals surface area contributed by atoms with E-state index in [9.17, 15) is 4.79 Å². The average molecular weight is 372 g/mol. The highest BCUT2D eigenvalue weighted by Gasteiger charge is 2.09. The van der Waals surface area contributed by atoms with Crippen molar-refractivity contribution >= 4 is 28.2 Å². The van der Waals surface area contributed by atoms with E-state index in [4.69, 9.17) is 10.5 Å². The molecule has 28 heavy (non-hydrogen) atoms. The Morgan fingerprint density at radius 3 is 2.61 bits per heavy atom. The number of para-hydroxylation sites is 2. The first-order chi connectivity index (χ1) is 13.6. The van der Waals surface area contributed by atoms with Crippen LogP contribution in [0, 0.1) is 0 Å². The van der Waals surface area contributed by atoms with Crippen LogP contribution in [-0.2, 0) is 6.54 Å². The Kier molecular flexibility index (Phi) is 4.68. The lowest BCUT2D eigenvalue weighted by Crippen LogP contribution is -2.13. The number of carbonyl (C=O) groups is 1. The highest BCUT2D eigenvalue weighted by atomic mass is 16.5. The molecule has 1 aromatic heterocycles. The third kappa shape index (κ3) is 3.53. The monoisotopic (exact) mass is 372 g/mol. The number of ether oxygens (including phenoxy) is 1. The molecular formula is C22H20N4O2. The molecule has 0 aliphatic rings. The van der Waals surface area contributed by atoms with E-state index in [1.165, 1.54) is 0 Å². The minimum atomic E-state index is -0.195. The molecule has 140 valence electrons. The molecule has 4 aromatic rings. The molecule has 0 radical (unpaired) electrons. The zero-order chi connectivity index (χ0) is 19.5. The molecule has 1 heterocycles. The lowest BCUT2D eigenvalue weighted by Gasteiger charge is -2.08. The summed E-state index contributed by atoms with van der Waals surface area (Å²) in [5.74, 6) is 0.558. The Morgan fingerprint density at radius 1 is 1.07 bits per heavy atom. The van der Waals surface area contributed by atoms with Gasteiger partial charge in [-0.25, -0.2) is 0 Å². The number of hydrogen-bond donors (Lipinski definition) is 2. The molecule has 6 heteroatoms. The number of methoxy groups -OCH3 is 1. The molecule has 0 unspecified atom stereocenters. The Bertz CT molecular complexity index is 1130. The highest BCUT2D eigenvalue weighted by molar-refractivity contribution is 6.05. The van der Waals surface area contributed by atoms with Gasteiger partial charge in [0.15, 0.2) is 0 Å². The molecule has 0 fully saturated rings. The lowest BCUT2D eigenvalue weighted by molar-refractivity contribution is 0.102. The standard InChI is InChI=1S/C22H20N4O2/c1-28-20-8-4-5-17-14-26(25-21(17)20)13-15-9-11-16(12-10-15)22(27)24-19-7-3-2-6-18(19)23/h2-12,14H,13,23H2,1H3,(H,24,27). The molecule has 1 amide bonds. The Labute approximate surface area is 162 Å². The Balaban J connectivity index is 1.49. The zero-order valence-corrected chi connectivity index (χ0v) is 15.4. The average Bonchev–Trinajstić information content (AvgIpc) is 3.12. The van der Waals surface area contributed by atoms with Crippen LogP contribution in [0.2, 0.25) is 0 Å². The van der Waals surface area contributed by atoms with Crippen molar-refractivity contribution in [2.45, 2.75) is 6.54 Å². The van der Waals surface area contributed by atoms with Gasteiger partial charge in [0.05, 0.1) is 25.0 Å². The Hall–Kier alpha value is -3.80. The second kappa shape index (κ2) is 7.44. The maximum absolute atomic E-state index is 12.4. The van der Waals surface area contributed by atoms with Gasteiger partial charge in [-0.1, -0.05) is 36.4 Å². The number of amides is 1. The number of nitrogens with two attached hydrogens (primary N) is 1. The summed E-state index contributed by atoms with van der Waals surface area (Å²) >= 11 is 0. The van der Waals surface area contributed by atoms with Crippen LogP contribution in [0.3, 0.4) is 0 Å². The van der Waals surface area contributed by atoms with Crippen molar-refractivity contribution in [3.8, 4) is 5.75 Å². The van der Waals surface area contributed by atoms with Gasteiger partial charge >= 0.3 is 0 Å². The minimum absolute atomic E-state index is 0.195. The molecule has 3 aromatic carbocycles. The van der Waals surface area contributed by atoms with E-state index >= 15 is 0 Å².